The summed E-state index contributed by atoms with van der Waals surface area (Å²) in [6, 6.07) is 13.9. The van der Waals surface area contributed by atoms with Crippen molar-refractivity contribution < 1.29 is 9.59 Å². The molecular formula is C23H17Cl2N3O2S. The highest BCUT2D eigenvalue weighted by Gasteiger charge is 2.25. The lowest BCUT2D eigenvalue weighted by Crippen LogP contribution is -2.12. The Bertz CT molecular complexity index is 1330. The third-order valence-corrected chi connectivity index (χ3v) is 6.45. The van der Waals surface area contributed by atoms with Gasteiger partial charge in [-0.1, -0.05) is 35.3 Å². The number of anilines is 2. The number of carbonyl (C=O) groups is 2. The van der Waals surface area contributed by atoms with E-state index in [0.29, 0.717) is 47.6 Å². The number of nitrogens with one attached hydrogen (secondary N) is 1. The molecule has 1 amide bonds. The molecule has 5 nitrogen and oxygen atoms in total. The van der Waals surface area contributed by atoms with Crippen molar-refractivity contribution >= 4 is 67.8 Å². The molecule has 0 unspecified atom stereocenters. The maximum Gasteiger partial charge on any atom is 0.267 e. The van der Waals surface area contributed by atoms with Crippen LogP contribution in [0.4, 0.5) is 11.4 Å². The SMILES string of the molecule is CC(=O)c1c(C)nc2sc(C(=O)Nc3ccc(Cl)cc3)c(N)c2c1-c1ccc(Cl)cc1. The molecule has 0 saturated heterocycles. The third kappa shape index (κ3) is 4.02. The summed E-state index contributed by atoms with van der Waals surface area (Å²) in [5.41, 5.74) is 9.83. The van der Waals surface area contributed by atoms with Crippen molar-refractivity contribution in [3.63, 3.8) is 0 Å². The minimum atomic E-state index is -0.355. The van der Waals surface area contributed by atoms with Gasteiger partial charge in [-0.3, -0.25) is 9.59 Å². The molecule has 2 aromatic carbocycles. The number of nitrogens with zero attached hydrogens (tertiary/aromatic N) is 1. The van der Waals surface area contributed by atoms with E-state index in [1.54, 1.807) is 43.3 Å². The van der Waals surface area contributed by atoms with Gasteiger partial charge in [-0.05, 0) is 55.8 Å². The van der Waals surface area contributed by atoms with Crippen molar-refractivity contribution in [3.05, 3.63) is 74.7 Å². The van der Waals surface area contributed by atoms with E-state index in [9.17, 15) is 9.59 Å². The minimum absolute atomic E-state index is 0.130. The quantitative estimate of drug-likeness (QED) is 0.329. The van der Waals surface area contributed by atoms with E-state index in [2.05, 4.69) is 10.3 Å². The molecule has 0 aliphatic heterocycles. The number of halogens is 2. The Balaban J connectivity index is 1.91. The molecule has 0 spiro atoms. The average Bonchev–Trinajstić information content (AvgIpc) is 3.05. The summed E-state index contributed by atoms with van der Waals surface area (Å²) in [5.74, 6) is -0.485. The van der Waals surface area contributed by atoms with Crippen LogP contribution in [-0.2, 0) is 0 Å². The van der Waals surface area contributed by atoms with Gasteiger partial charge in [0, 0.05) is 32.2 Å². The summed E-state index contributed by atoms with van der Waals surface area (Å²) in [6.45, 7) is 3.27. The van der Waals surface area contributed by atoms with Gasteiger partial charge in [0.2, 0.25) is 0 Å². The number of hydrogen-bond acceptors (Lipinski definition) is 5. The predicted octanol–water partition coefficient (Wildman–Crippen LogP) is 6.62. The molecule has 0 aliphatic carbocycles. The van der Waals surface area contributed by atoms with Gasteiger partial charge in [-0.25, -0.2) is 4.98 Å². The third-order valence-electron chi connectivity index (χ3n) is 4.85. The van der Waals surface area contributed by atoms with Crippen LogP contribution in [-0.4, -0.2) is 16.7 Å². The Hall–Kier alpha value is -2.93. The zero-order valence-corrected chi connectivity index (χ0v) is 19.0. The molecule has 0 radical (unpaired) electrons. The van der Waals surface area contributed by atoms with Crippen LogP contribution in [0.1, 0.15) is 32.6 Å². The Morgan fingerprint density at radius 2 is 1.58 bits per heavy atom. The normalized spacial score (nSPS) is 11.0. The Labute approximate surface area is 192 Å². The fraction of sp³-hybridized carbons (Fsp3) is 0.0870. The molecule has 156 valence electrons. The van der Waals surface area contributed by atoms with Crippen molar-refractivity contribution in [2.45, 2.75) is 13.8 Å². The summed E-state index contributed by atoms with van der Waals surface area (Å²) in [7, 11) is 0. The fourth-order valence-electron chi connectivity index (χ4n) is 3.49. The predicted molar refractivity (Wildman–Crippen MR) is 129 cm³/mol. The second-order valence-electron chi connectivity index (χ2n) is 7.00. The number of ketones is 1. The monoisotopic (exact) mass is 469 g/mol. The first-order valence-electron chi connectivity index (χ1n) is 9.32. The molecule has 3 N–H and O–H groups in total. The van der Waals surface area contributed by atoms with Crippen LogP contribution >= 0.6 is 34.5 Å². The number of Topliss-reactive ketones (excluding diaryl/α,β-unsaturated/α-hetero) is 1. The highest BCUT2D eigenvalue weighted by atomic mass is 35.5. The lowest BCUT2D eigenvalue weighted by atomic mass is 9.93. The molecule has 0 atom stereocenters. The van der Waals surface area contributed by atoms with Gasteiger partial charge in [-0.2, -0.15) is 0 Å². The summed E-state index contributed by atoms with van der Waals surface area (Å²) < 4.78 is 0. The standard InChI is InChI=1S/C23H17Cl2N3O2S/c1-11-17(12(2)29)18(13-3-5-14(24)6-4-13)19-20(26)21(31-23(19)27-11)22(30)28-16-9-7-15(25)8-10-16/h3-10H,26H2,1-2H3,(H,28,30). The molecule has 0 bridgehead atoms. The number of nitrogen functional groups attached to an aromatic ring is 1. The van der Waals surface area contributed by atoms with Gasteiger partial charge in [0.1, 0.15) is 9.71 Å². The number of thiophene rings is 1. The molecule has 4 rings (SSSR count). The molecule has 4 aromatic rings. The number of aryl methyl sites for hydroxylation is 1. The van der Waals surface area contributed by atoms with Gasteiger partial charge in [0.05, 0.1) is 11.4 Å². The van der Waals surface area contributed by atoms with Gasteiger partial charge in [-0.15, -0.1) is 11.3 Å². The molecule has 0 saturated carbocycles. The van der Waals surface area contributed by atoms with Crippen LogP contribution in [0.3, 0.4) is 0 Å². The van der Waals surface area contributed by atoms with Gasteiger partial charge in [0.25, 0.3) is 5.91 Å². The highest BCUT2D eigenvalue weighted by Crippen LogP contribution is 2.42. The van der Waals surface area contributed by atoms with E-state index in [-0.39, 0.29) is 17.4 Å². The number of amides is 1. The van der Waals surface area contributed by atoms with E-state index in [1.165, 1.54) is 18.3 Å². The molecule has 8 heteroatoms. The summed E-state index contributed by atoms with van der Waals surface area (Å²) in [4.78, 5) is 31.0. The van der Waals surface area contributed by atoms with E-state index < -0.39 is 0 Å². The first-order valence-corrected chi connectivity index (χ1v) is 10.9. The number of aromatic nitrogens is 1. The number of pyridine rings is 1. The number of hydrogen-bond donors (Lipinski definition) is 2. The van der Waals surface area contributed by atoms with Crippen LogP contribution < -0.4 is 11.1 Å². The number of nitrogens with two attached hydrogens (primary N) is 1. The second kappa shape index (κ2) is 8.30. The van der Waals surface area contributed by atoms with E-state index >= 15 is 0 Å². The number of benzene rings is 2. The fourth-order valence-corrected chi connectivity index (χ4v) is 4.79. The molecule has 2 aromatic heterocycles. The van der Waals surface area contributed by atoms with Gasteiger partial charge >= 0.3 is 0 Å². The van der Waals surface area contributed by atoms with E-state index in [0.717, 1.165) is 5.56 Å². The topological polar surface area (TPSA) is 85.1 Å². The lowest BCUT2D eigenvalue weighted by molar-refractivity contribution is 0.101. The molecule has 31 heavy (non-hydrogen) atoms. The summed E-state index contributed by atoms with van der Waals surface area (Å²) in [6.07, 6.45) is 0. The minimum Gasteiger partial charge on any atom is -0.397 e. The number of fused-ring (bicyclic) bond motifs is 1. The largest absolute Gasteiger partial charge is 0.397 e. The van der Waals surface area contributed by atoms with Crippen molar-refractivity contribution in [2.75, 3.05) is 11.1 Å². The van der Waals surface area contributed by atoms with Crippen LogP contribution in [0.2, 0.25) is 10.0 Å². The van der Waals surface area contributed by atoms with Crippen LogP contribution in [0.25, 0.3) is 21.3 Å². The van der Waals surface area contributed by atoms with Crippen LogP contribution in [0.5, 0.6) is 0 Å². The van der Waals surface area contributed by atoms with Crippen LogP contribution in [0, 0.1) is 6.92 Å². The zero-order valence-electron chi connectivity index (χ0n) is 16.6. The Morgan fingerprint density at radius 1 is 1.00 bits per heavy atom. The smallest absolute Gasteiger partial charge is 0.267 e. The lowest BCUT2D eigenvalue weighted by Gasteiger charge is -2.13. The number of carbonyl (C=O) groups excluding carboxylic acids is 2. The first-order chi connectivity index (χ1) is 14.8. The van der Waals surface area contributed by atoms with Crippen molar-refractivity contribution in [1.29, 1.82) is 0 Å². The Morgan fingerprint density at radius 3 is 2.16 bits per heavy atom. The number of rotatable bonds is 4. The van der Waals surface area contributed by atoms with E-state index in [4.69, 9.17) is 28.9 Å². The maximum absolute atomic E-state index is 13.0. The second-order valence-corrected chi connectivity index (χ2v) is 8.87. The van der Waals surface area contributed by atoms with Crippen molar-refractivity contribution in [1.82, 2.24) is 4.98 Å². The Kier molecular flexibility index (Phi) is 5.71. The molecule has 0 fully saturated rings. The maximum atomic E-state index is 13.0. The highest BCUT2D eigenvalue weighted by molar-refractivity contribution is 7.21. The summed E-state index contributed by atoms with van der Waals surface area (Å²) in [5, 5.41) is 4.57. The first kappa shape index (κ1) is 21.3. The van der Waals surface area contributed by atoms with Crippen LogP contribution in [0.15, 0.2) is 48.5 Å². The molecule has 2 heterocycles. The van der Waals surface area contributed by atoms with Gasteiger partial charge in [0.15, 0.2) is 5.78 Å². The molecule has 0 aliphatic rings. The van der Waals surface area contributed by atoms with E-state index in [1.807, 2.05) is 12.1 Å². The van der Waals surface area contributed by atoms with Crippen molar-refractivity contribution in [2.24, 2.45) is 0 Å². The van der Waals surface area contributed by atoms with Crippen molar-refractivity contribution in [3.8, 4) is 11.1 Å². The average molecular weight is 470 g/mol. The zero-order chi connectivity index (χ0) is 22.3. The molecular weight excluding hydrogens is 453 g/mol. The van der Waals surface area contributed by atoms with Gasteiger partial charge < -0.3 is 11.1 Å². The summed E-state index contributed by atoms with van der Waals surface area (Å²) >= 11 is 13.2.